The van der Waals surface area contributed by atoms with Crippen molar-refractivity contribution in [2.75, 3.05) is 19.8 Å². The third kappa shape index (κ3) is 2.37. The van der Waals surface area contributed by atoms with E-state index in [2.05, 4.69) is 0 Å². The van der Waals surface area contributed by atoms with E-state index < -0.39 is 0 Å². The summed E-state index contributed by atoms with van der Waals surface area (Å²) in [7, 11) is 0. The highest BCUT2D eigenvalue weighted by molar-refractivity contribution is 4.86. The second-order valence-corrected chi connectivity index (χ2v) is 2.16. The fraction of sp³-hybridized carbons (Fsp3) is 0.714. The van der Waals surface area contributed by atoms with Crippen LogP contribution in [0.1, 0.15) is 6.42 Å². The van der Waals surface area contributed by atoms with E-state index in [-0.39, 0.29) is 12.7 Å². The summed E-state index contributed by atoms with van der Waals surface area (Å²) in [4.78, 5) is 0. The quantitative estimate of drug-likeness (QED) is 0.577. The van der Waals surface area contributed by atoms with Gasteiger partial charge in [-0.25, -0.2) is 0 Å². The molecule has 58 valence electrons. The van der Waals surface area contributed by atoms with Crippen molar-refractivity contribution in [3.8, 4) is 0 Å². The summed E-state index contributed by atoms with van der Waals surface area (Å²) >= 11 is 0. The molecule has 10 heavy (non-hydrogen) atoms. The zero-order valence-electron chi connectivity index (χ0n) is 5.82. The van der Waals surface area contributed by atoms with Crippen LogP contribution < -0.4 is 0 Å². The molecular weight excluding hydrogens is 132 g/mol. The lowest BCUT2D eigenvalue weighted by atomic mass is 10.3. The van der Waals surface area contributed by atoms with Crippen LogP contribution in [0.2, 0.25) is 0 Å². The number of ether oxygens (including phenoxy) is 2. The summed E-state index contributed by atoms with van der Waals surface area (Å²) in [6.45, 7) is 1.06. The molecule has 0 aromatic rings. The summed E-state index contributed by atoms with van der Waals surface area (Å²) in [5.41, 5.74) is 0. The van der Waals surface area contributed by atoms with Crippen LogP contribution in [0, 0.1) is 0 Å². The number of hydrogen-bond donors (Lipinski definition) is 1. The molecule has 0 bridgehead atoms. The second kappa shape index (κ2) is 4.30. The van der Waals surface area contributed by atoms with Crippen molar-refractivity contribution in [3.63, 3.8) is 0 Å². The first-order valence-corrected chi connectivity index (χ1v) is 3.42. The van der Waals surface area contributed by atoms with Crippen molar-refractivity contribution >= 4 is 0 Å². The van der Waals surface area contributed by atoms with Crippen LogP contribution in [-0.4, -0.2) is 31.0 Å². The van der Waals surface area contributed by atoms with E-state index in [4.69, 9.17) is 14.6 Å². The summed E-state index contributed by atoms with van der Waals surface area (Å²) in [6.07, 6.45) is 4.75. The van der Waals surface area contributed by atoms with Crippen molar-refractivity contribution in [1.82, 2.24) is 0 Å². The Bertz CT molecular complexity index is 103. The van der Waals surface area contributed by atoms with Gasteiger partial charge in [0, 0.05) is 6.42 Å². The lowest BCUT2D eigenvalue weighted by Gasteiger charge is -2.09. The third-order valence-corrected chi connectivity index (χ3v) is 1.31. The smallest absolute Gasteiger partial charge is 0.125 e. The molecule has 0 saturated heterocycles. The molecule has 3 nitrogen and oxygen atoms in total. The molecule has 0 aromatic carbocycles. The molecule has 0 aromatic heterocycles. The highest BCUT2D eigenvalue weighted by Crippen LogP contribution is 2.08. The van der Waals surface area contributed by atoms with Crippen molar-refractivity contribution in [2.24, 2.45) is 0 Å². The molecule has 0 fully saturated rings. The molecule has 3 heteroatoms. The molecule has 1 heterocycles. The average Bonchev–Trinajstić information content (AvgIpc) is 2.41. The van der Waals surface area contributed by atoms with Crippen molar-refractivity contribution in [1.29, 1.82) is 0 Å². The molecule has 1 aliphatic heterocycles. The molecule has 0 radical (unpaired) electrons. The van der Waals surface area contributed by atoms with Crippen molar-refractivity contribution < 1.29 is 14.6 Å². The maximum Gasteiger partial charge on any atom is 0.125 e. The van der Waals surface area contributed by atoms with E-state index in [0.29, 0.717) is 13.2 Å². The Balaban J connectivity index is 1.93. The standard InChI is InChI=1S/C7H12O3/c8-3-5-9-6-7-2-1-4-10-7/h1,4,7-8H,2-3,5-6H2. The summed E-state index contributed by atoms with van der Waals surface area (Å²) in [5, 5.41) is 8.36. The Morgan fingerprint density at radius 3 is 3.20 bits per heavy atom. The number of rotatable bonds is 4. The second-order valence-electron chi connectivity index (χ2n) is 2.16. The van der Waals surface area contributed by atoms with Crippen molar-refractivity contribution in [2.45, 2.75) is 12.5 Å². The third-order valence-electron chi connectivity index (χ3n) is 1.31. The first-order valence-electron chi connectivity index (χ1n) is 3.42. The van der Waals surface area contributed by atoms with Gasteiger partial charge in [-0.3, -0.25) is 0 Å². The van der Waals surface area contributed by atoms with Crippen LogP contribution in [0.5, 0.6) is 0 Å². The average molecular weight is 144 g/mol. The van der Waals surface area contributed by atoms with Gasteiger partial charge in [-0.1, -0.05) is 0 Å². The van der Waals surface area contributed by atoms with Crippen LogP contribution in [0.3, 0.4) is 0 Å². The molecule has 1 unspecified atom stereocenters. The van der Waals surface area contributed by atoms with Crippen molar-refractivity contribution in [3.05, 3.63) is 12.3 Å². The fourth-order valence-electron chi connectivity index (χ4n) is 0.816. The monoisotopic (exact) mass is 144 g/mol. The van der Waals surface area contributed by atoms with E-state index >= 15 is 0 Å². The van der Waals surface area contributed by atoms with Gasteiger partial charge in [0.2, 0.25) is 0 Å². The van der Waals surface area contributed by atoms with Gasteiger partial charge < -0.3 is 14.6 Å². The minimum absolute atomic E-state index is 0.0835. The van der Waals surface area contributed by atoms with Gasteiger partial charge in [0.25, 0.3) is 0 Å². The normalized spacial score (nSPS) is 23.1. The molecule has 0 spiro atoms. The molecule has 1 atom stereocenters. The summed E-state index contributed by atoms with van der Waals surface area (Å²) in [5.74, 6) is 0. The maximum absolute atomic E-state index is 8.36. The Kier molecular flexibility index (Phi) is 3.26. The molecule has 0 amide bonds. The maximum atomic E-state index is 8.36. The minimum Gasteiger partial charge on any atom is -0.496 e. The van der Waals surface area contributed by atoms with E-state index in [1.54, 1.807) is 6.26 Å². The molecule has 1 N–H and O–H groups in total. The SMILES string of the molecule is OCCOCC1CC=CO1. The first-order chi connectivity index (χ1) is 4.93. The van der Waals surface area contributed by atoms with Gasteiger partial charge in [0.05, 0.1) is 26.1 Å². The van der Waals surface area contributed by atoms with Gasteiger partial charge in [-0.05, 0) is 6.08 Å². The van der Waals surface area contributed by atoms with Crippen LogP contribution in [0.25, 0.3) is 0 Å². The van der Waals surface area contributed by atoms with Gasteiger partial charge in [0.15, 0.2) is 0 Å². The zero-order chi connectivity index (χ0) is 7.23. The van der Waals surface area contributed by atoms with E-state index in [1.165, 1.54) is 0 Å². The highest BCUT2D eigenvalue weighted by atomic mass is 16.5. The van der Waals surface area contributed by atoms with Gasteiger partial charge in [-0.2, -0.15) is 0 Å². The minimum atomic E-state index is 0.0835. The van der Waals surface area contributed by atoms with Crippen LogP contribution in [0.4, 0.5) is 0 Å². The van der Waals surface area contributed by atoms with E-state index in [9.17, 15) is 0 Å². The molecule has 0 saturated carbocycles. The number of aliphatic hydroxyl groups excluding tert-OH is 1. The van der Waals surface area contributed by atoms with Crippen LogP contribution >= 0.6 is 0 Å². The zero-order valence-corrected chi connectivity index (χ0v) is 5.82. The lowest BCUT2D eigenvalue weighted by molar-refractivity contribution is 0.0238. The number of hydrogen-bond acceptors (Lipinski definition) is 3. The Morgan fingerprint density at radius 1 is 1.70 bits per heavy atom. The Hall–Kier alpha value is -0.540. The van der Waals surface area contributed by atoms with Crippen LogP contribution in [-0.2, 0) is 9.47 Å². The summed E-state index contributed by atoms with van der Waals surface area (Å²) < 4.78 is 10.2. The predicted octanol–water partition coefficient (Wildman–Crippen LogP) is 0.298. The van der Waals surface area contributed by atoms with Gasteiger partial charge in [0.1, 0.15) is 6.10 Å². The molecular formula is C7H12O3. The lowest BCUT2D eigenvalue weighted by Crippen LogP contribution is -2.15. The van der Waals surface area contributed by atoms with Crippen LogP contribution in [0.15, 0.2) is 12.3 Å². The predicted molar refractivity (Wildman–Crippen MR) is 36.5 cm³/mol. The molecule has 0 aliphatic carbocycles. The first kappa shape index (κ1) is 7.57. The fourth-order valence-corrected chi connectivity index (χ4v) is 0.816. The summed E-state index contributed by atoms with van der Waals surface area (Å²) in [6, 6.07) is 0. The molecule has 1 rings (SSSR count). The largest absolute Gasteiger partial charge is 0.496 e. The topological polar surface area (TPSA) is 38.7 Å². The van der Waals surface area contributed by atoms with Gasteiger partial charge in [-0.15, -0.1) is 0 Å². The van der Waals surface area contributed by atoms with E-state index in [0.717, 1.165) is 6.42 Å². The highest BCUT2D eigenvalue weighted by Gasteiger charge is 2.10. The molecule has 1 aliphatic rings. The van der Waals surface area contributed by atoms with E-state index in [1.807, 2.05) is 6.08 Å². The number of aliphatic hydroxyl groups is 1. The Morgan fingerprint density at radius 2 is 2.60 bits per heavy atom. The Labute approximate surface area is 60.3 Å². The van der Waals surface area contributed by atoms with Gasteiger partial charge >= 0.3 is 0 Å².